The van der Waals surface area contributed by atoms with Gasteiger partial charge >= 0.3 is 0 Å². The molecule has 5 nitrogen and oxygen atoms in total. The van der Waals surface area contributed by atoms with Gasteiger partial charge in [-0.1, -0.05) is 12.1 Å². The SMILES string of the molecule is COc1ccc(Cc2nc(-c3ccc(OCCN4CCOCC4)cc3)c(C)s2)cc1. The first-order valence-corrected chi connectivity index (χ1v) is 11.2. The highest BCUT2D eigenvalue weighted by molar-refractivity contribution is 7.12. The molecular formula is C24H28N2O3S. The van der Waals surface area contributed by atoms with Crippen molar-refractivity contribution in [2.45, 2.75) is 13.3 Å². The van der Waals surface area contributed by atoms with Crippen LogP contribution in [0.15, 0.2) is 48.5 Å². The summed E-state index contributed by atoms with van der Waals surface area (Å²) in [5, 5.41) is 1.12. The van der Waals surface area contributed by atoms with Gasteiger partial charge in [-0.15, -0.1) is 11.3 Å². The number of nitrogens with zero attached hydrogens (tertiary/aromatic N) is 2. The third-order valence-corrected chi connectivity index (χ3v) is 6.23. The average molecular weight is 425 g/mol. The van der Waals surface area contributed by atoms with E-state index in [-0.39, 0.29) is 0 Å². The molecule has 158 valence electrons. The maximum atomic E-state index is 5.92. The number of aryl methyl sites for hydroxylation is 1. The molecule has 1 saturated heterocycles. The topological polar surface area (TPSA) is 43.8 Å². The summed E-state index contributed by atoms with van der Waals surface area (Å²) in [4.78, 5) is 8.51. The van der Waals surface area contributed by atoms with Gasteiger partial charge in [0.05, 0.1) is 31.0 Å². The van der Waals surface area contributed by atoms with E-state index in [4.69, 9.17) is 19.2 Å². The minimum atomic E-state index is 0.696. The number of hydrogen-bond acceptors (Lipinski definition) is 6. The van der Waals surface area contributed by atoms with Gasteiger partial charge in [-0.05, 0) is 48.9 Å². The van der Waals surface area contributed by atoms with Crippen molar-refractivity contribution in [3.63, 3.8) is 0 Å². The predicted molar refractivity (Wildman–Crippen MR) is 121 cm³/mol. The highest BCUT2D eigenvalue weighted by atomic mass is 32.1. The summed E-state index contributed by atoms with van der Waals surface area (Å²) in [5.41, 5.74) is 3.42. The second-order valence-electron chi connectivity index (χ2n) is 7.36. The minimum absolute atomic E-state index is 0.696. The Labute approximate surface area is 182 Å². The zero-order valence-electron chi connectivity index (χ0n) is 17.6. The Kier molecular flexibility index (Phi) is 7.00. The second kappa shape index (κ2) is 10.1. The van der Waals surface area contributed by atoms with Crippen LogP contribution in [0.4, 0.5) is 0 Å². The van der Waals surface area contributed by atoms with Gasteiger partial charge in [-0.25, -0.2) is 4.98 Å². The number of aromatic nitrogens is 1. The monoisotopic (exact) mass is 424 g/mol. The zero-order valence-corrected chi connectivity index (χ0v) is 18.4. The Morgan fingerprint density at radius 2 is 1.70 bits per heavy atom. The van der Waals surface area contributed by atoms with Crippen molar-refractivity contribution in [2.24, 2.45) is 0 Å². The molecule has 30 heavy (non-hydrogen) atoms. The molecule has 2 aromatic carbocycles. The first kappa shape index (κ1) is 20.8. The molecule has 3 aromatic rings. The van der Waals surface area contributed by atoms with Crippen LogP contribution in [0.1, 0.15) is 15.4 Å². The fourth-order valence-corrected chi connectivity index (χ4v) is 4.53. The molecule has 1 aromatic heterocycles. The molecule has 0 saturated carbocycles. The van der Waals surface area contributed by atoms with Crippen LogP contribution in [-0.4, -0.2) is 56.4 Å². The highest BCUT2D eigenvalue weighted by Gasteiger charge is 2.12. The Balaban J connectivity index is 1.35. The average Bonchev–Trinajstić information content (AvgIpc) is 3.15. The molecule has 4 rings (SSSR count). The summed E-state index contributed by atoms with van der Waals surface area (Å²) < 4.78 is 16.5. The first-order chi connectivity index (χ1) is 14.7. The van der Waals surface area contributed by atoms with Crippen LogP contribution in [-0.2, 0) is 11.2 Å². The molecular weight excluding hydrogens is 396 g/mol. The number of methoxy groups -OCH3 is 1. The van der Waals surface area contributed by atoms with Crippen molar-refractivity contribution >= 4 is 11.3 Å². The van der Waals surface area contributed by atoms with Gasteiger partial charge in [0.1, 0.15) is 18.1 Å². The van der Waals surface area contributed by atoms with Gasteiger partial charge in [-0.3, -0.25) is 4.90 Å². The molecule has 0 bridgehead atoms. The number of thiazole rings is 1. The molecule has 1 aliphatic rings. The third kappa shape index (κ3) is 5.39. The lowest BCUT2D eigenvalue weighted by Crippen LogP contribution is -2.38. The van der Waals surface area contributed by atoms with E-state index in [2.05, 4.69) is 36.1 Å². The van der Waals surface area contributed by atoms with Gasteiger partial charge in [0, 0.05) is 36.5 Å². The Bertz CT molecular complexity index is 932. The fraction of sp³-hybridized carbons (Fsp3) is 0.375. The summed E-state index contributed by atoms with van der Waals surface area (Å²) in [7, 11) is 1.69. The summed E-state index contributed by atoms with van der Waals surface area (Å²) in [6.45, 7) is 7.39. The molecule has 0 spiro atoms. The van der Waals surface area contributed by atoms with Crippen LogP contribution >= 0.6 is 11.3 Å². The van der Waals surface area contributed by atoms with Crippen LogP contribution in [0.25, 0.3) is 11.3 Å². The standard InChI is InChI=1S/C24H28N2O3S/c1-18-24(25-23(30-18)17-19-3-7-21(27-2)8-4-19)20-5-9-22(10-6-20)29-16-13-26-11-14-28-15-12-26/h3-10H,11-17H2,1-2H3. The predicted octanol–water partition coefficient (Wildman–Crippen LogP) is 4.43. The van der Waals surface area contributed by atoms with Crippen molar-refractivity contribution in [3.8, 4) is 22.8 Å². The van der Waals surface area contributed by atoms with Gasteiger partial charge in [0.2, 0.25) is 0 Å². The first-order valence-electron chi connectivity index (χ1n) is 10.3. The highest BCUT2D eigenvalue weighted by Crippen LogP contribution is 2.30. The molecule has 1 aliphatic heterocycles. The number of hydrogen-bond donors (Lipinski definition) is 0. The maximum Gasteiger partial charge on any atom is 0.119 e. The fourth-order valence-electron chi connectivity index (χ4n) is 3.54. The van der Waals surface area contributed by atoms with Gasteiger partial charge in [-0.2, -0.15) is 0 Å². The second-order valence-corrected chi connectivity index (χ2v) is 8.65. The summed E-state index contributed by atoms with van der Waals surface area (Å²) >= 11 is 1.76. The molecule has 0 aliphatic carbocycles. The van der Waals surface area contributed by atoms with E-state index in [9.17, 15) is 0 Å². The van der Waals surface area contributed by atoms with E-state index in [0.717, 1.165) is 67.0 Å². The number of morpholine rings is 1. The third-order valence-electron chi connectivity index (χ3n) is 5.26. The smallest absolute Gasteiger partial charge is 0.119 e. The van der Waals surface area contributed by atoms with E-state index in [0.29, 0.717) is 6.61 Å². The molecule has 0 atom stereocenters. The Morgan fingerprint density at radius 3 is 2.40 bits per heavy atom. The van der Waals surface area contributed by atoms with E-state index in [1.165, 1.54) is 10.4 Å². The van der Waals surface area contributed by atoms with E-state index in [1.807, 2.05) is 24.3 Å². The van der Waals surface area contributed by atoms with Crippen LogP contribution < -0.4 is 9.47 Å². The van der Waals surface area contributed by atoms with E-state index < -0.39 is 0 Å². The summed E-state index contributed by atoms with van der Waals surface area (Å²) in [6, 6.07) is 16.5. The summed E-state index contributed by atoms with van der Waals surface area (Å²) in [6.07, 6.45) is 0.832. The number of benzene rings is 2. The van der Waals surface area contributed by atoms with Crippen LogP contribution in [0.5, 0.6) is 11.5 Å². The van der Waals surface area contributed by atoms with Crippen molar-refractivity contribution in [2.75, 3.05) is 46.6 Å². The largest absolute Gasteiger partial charge is 0.497 e. The Hall–Kier alpha value is -2.41. The van der Waals surface area contributed by atoms with Crippen LogP contribution in [0.2, 0.25) is 0 Å². The summed E-state index contributed by atoms with van der Waals surface area (Å²) in [5.74, 6) is 1.78. The number of ether oxygens (including phenoxy) is 3. The normalized spacial score (nSPS) is 14.6. The van der Waals surface area contributed by atoms with Crippen molar-refractivity contribution in [1.82, 2.24) is 9.88 Å². The van der Waals surface area contributed by atoms with Gasteiger partial charge < -0.3 is 14.2 Å². The molecule has 2 heterocycles. The molecule has 0 amide bonds. The zero-order chi connectivity index (χ0) is 20.8. The van der Waals surface area contributed by atoms with Crippen molar-refractivity contribution < 1.29 is 14.2 Å². The van der Waals surface area contributed by atoms with Crippen LogP contribution in [0.3, 0.4) is 0 Å². The lowest BCUT2D eigenvalue weighted by atomic mass is 10.1. The van der Waals surface area contributed by atoms with Crippen LogP contribution in [0, 0.1) is 6.92 Å². The molecule has 0 N–H and O–H groups in total. The minimum Gasteiger partial charge on any atom is -0.497 e. The molecule has 0 unspecified atom stereocenters. The van der Waals surface area contributed by atoms with Gasteiger partial charge in [0.15, 0.2) is 0 Å². The molecule has 0 radical (unpaired) electrons. The maximum absolute atomic E-state index is 5.92. The lowest BCUT2D eigenvalue weighted by Gasteiger charge is -2.26. The molecule has 6 heteroatoms. The van der Waals surface area contributed by atoms with Crippen molar-refractivity contribution in [3.05, 3.63) is 64.0 Å². The van der Waals surface area contributed by atoms with Gasteiger partial charge in [0.25, 0.3) is 0 Å². The quantitative estimate of drug-likeness (QED) is 0.535. The molecule has 1 fully saturated rings. The van der Waals surface area contributed by atoms with Crippen molar-refractivity contribution in [1.29, 1.82) is 0 Å². The van der Waals surface area contributed by atoms with E-state index in [1.54, 1.807) is 18.4 Å². The number of rotatable bonds is 8. The lowest BCUT2D eigenvalue weighted by molar-refractivity contribution is 0.0322. The Morgan fingerprint density at radius 1 is 1.00 bits per heavy atom. The van der Waals surface area contributed by atoms with E-state index >= 15 is 0 Å².